The first kappa shape index (κ1) is 40.7. The van der Waals surface area contributed by atoms with Crippen LogP contribution in [0.4, 0.5) is 0 Å². The van der Waals surface area contributed by atoms with Crippen LogP contribution >= 0.6 is 0 Å². The number of rotatable bonds is 10. The third-order valence-corrected chi connectivity index (χ3v) is 11.8. The van der Waals surface area contributed by atoms with Gasteiger partial charge in [0, 0.05) is 42.4 Å². The number of nitrogens with zero attached hydrogens (tertiary/aromatic N) is 2. The molecule has 0 bridgehead atoms. The van der Waals surface area contributed by atoms with Crippen molar-refractivity contribution in [2.45, 2.75) is 132 Å². The number of carbonyl (C=O) groups is 1. The van der Waals surface area contributed by atoms with Gasteiger partial charge in [-0.1, -0.05) is 122 Å². The average molecular weight is 887 g/mol. The Morgan fingerprint density at radius 2 is 1.57 bits per heavy atom. The average Bonchev–Trinajstić information content (AvgIpc) is 3.63. The monoisotopic (exact) mass is 887 g/mol. The van der Waals surface area contributed by atoms with Crippen molar-refractivity contribution >= 4 is 27.7 Å². The van der Waals surface area contributed by atoms with Crippen LogP contribution in [0.3, 0.4) is 0 Å². The molecule has 1 radical (unpaired) electrons. The number of ketones is 1. The molecule has 2 aliphatic carbocycles. The van der Waals surface area contributed by atoms with Crippen LogP contribution in [0, 0.1) is 38.7 Å². The molecule has 0 atom stereocenters. The number of carbonyl (C=O) groups excluding carboxylic acids is 1. The Bertz CT molecular complexity index is 2090. The fraction of sp³-hybridized carbons (Fsp3) is 0.458. The fourth-order valence-electron chi connectivity index (χ4n) is 8.98. The van der Waals surface area contributed by atoms with Gasteiger partial charge in [0.1, 0.15) is 11.3 Å². The van der Waals surface area contributed by atoms with E-state index in [2.05, 4.69) is 111 Å². The van der Waals surface area contributed by atoms with Crippen LogP contribution in [-0.4, -0.2) is 16.8 Å². The van der Waals surface area contributed by atoms with E-state index in [-0.39, 0.29) is 31.4 Å². The third kappa shape index (κ3) is 8.13. The summed E-state index contributed by atoms with van der Waals surface area (Å²) in [5, 5.41) is 7.45. The van der Waals surface area contributed by atoms with Gasteiger partial charge in [0.25, 0.3) is 0 Å². The van der Waals surface area contributed by atoms with Gasteiger partial charge in [-0.15, -0.1) is 35.4 Å². The molecule has 5 aromatic rings. The van der Waals surface area contributed by atoms with Crippen molar-refractivity contribution in [2.75, 3.05) is 0 Å². The summed E-state index contributed by atoms with van der Waals surface area (Å²) in [4.78, 5) is 17.6. The maximum absolute atomic E-state index is 12.5. The van der Waals surface area contributed by atoms with Gasteiger partial charge in [-0.25, -0.2) is 0 Å². The van der Waals surface area contributed by atoms with Gasteiger partial charge < -0.3 is 9.73 Å². The van der Waals surface area contributed by atoms with Crippen LogP contribution in [-0.2, 0) is 30.3 Å². The van der Waals surface area contributed by atoms with Gasteiger partial charge in [-0.3, -0.25) is 9.78 Å². The van der Waals surface area contributed by atoms with E-state index >= 15 is 0 Å². The number of aromatic nitrogens is 1. The largest absolute Gasteiger partial charge is 0.685 e. The van der Waals surface area contributed by atoms with E-state index in [0.717, 1.165) is 65.1 Å². The molecule has 0 unspecified atom stereocenters. The number of para-hydroxylation sites is 1. The SMILES string of the molecule is CCC(CC)C(=O)/C=C(\[N-]C1CCCCC1)C(CC)CC.Cc1cc(C)c2c(C)cc(-c3[c-]ccc4c3C(C)(C)c3c-4oc4ccccc34)nc2c1.[Ir]. The zero-order valence-electron chi connectivity index (χ0n) is 33.4. The number of hydrogen-bond donors (Lipinski definition) is 0. The van der Waals surface area contributed by atoms with Gasteiger partial charge >= 0.3 is 0 Å². The molecule has 7 rings (SSSR count). The van der Waals surface area contributed by atoms with Crippen LogP contribution in [0.25, 0.3) is 49.8 Å². The Labute approximate surface area is 332 Å². The minimum absolute atomic E-state index is 0. The molecular formula is C48H58IrN2O2-2. The molecule has 3 aromatic carbocycles. The Hall–Kier alpha value is -3.53. The second-order valence-electron chi connectivity index (χ2n) is 15.8. The summed E-state index contributed by atoms with van der Waals surface area (Å²) in [5.74, 6) is 1.91. The summed E-state index contributed by atoms with van der Waals surface area (Å²) in [7, 11) is 0. The zero-order chi connectivity index (χ0) is 37.2. The van der Waals surface area contributed by atoms with Crippen molar-refractivity contribution in [3.05, 3.63) is 106 Å². The van der Waals surface area contributed by atoms with E-state index in [1.807, 2.05) is 18.2 Å². The molecule has 2 heterocycles. The van der Waals surface area contributed by atoms with Gasteiger partial charge in [0.2, 0.25) is 0 Å². The maximum Gasteiger partial charge on any atom is 0.157 e. The molecule has 0 aliphatic heterocycles. The number of fused-ring (bicyclic) bond motifs is 6. The molecule has 0 N–H and O–H groups in total. The number of furan rings is 1. The van der Waals surface area contributed by atoms with E-state index in [1.54, 1.807) is 0 Å². The Morgan fingerprint density at radius 3 is 2.25 bits per heavy atom. The van der Waals surface area contributed by atoms with Crippen LogP contribution in [0.5, 0.6) is 0 Å². The molecule has 1 saturated carbocycles. The van der Waals surface area contributed by atoms with Crippen LogP contribution in [0.15, 0.2) is 70.8 Å². The van der Waals surface area contributed by atoms with Crippen molar-refractivity contribution < 1.29 is 29.3 Å². The Kier molecular flexibility index (Phi) is 13.3. The van der Waals surface area contributed by atoms with E-state index in [1.165, 1.54) is 70.7 Å². The molecule has 2 aliphatic rings. The topological polar surface area (TPSA) is 57.2 Å². The molecule has 53 heavy (non-hydrogen) atoms. The van der Waals surface area contributed by atoms with Crippen molar-refractivity contribution in [1.29, 1.82) is 0 Å². The summed E-state index contributed by atoms with van der Waals surface area (Å²) < 4.78 is 6.35. The summed E-state index contributed by atoms with van der Waals surface area (Å²) in [6.07, 6.45) is 12.3. The molecule has 1 fully saturated rings. The second-order valence-corrected chi connectivity index (χ2v) is 15.8. The maximum atomic E-state index is 12.5. The second kappa shape index (κ2) is 17.3. The summed E-state index contributed by atoms with van der Waals surface area (Å²) in [6, 6.07) is 23.1. The van der Waals surface area contributed by atoms with Gasteiger partial charge in [0.05, 0.1) is 5.52 Å². The molecule has 0 spiro atoms. The van der Waals surface area contributed by atoms with E-state index < -0.39 is 0 Å². The zero-order valence-corrected chi connectivity index (χ0v) is 35.8. The Morgan fingerprint density at radius 1 is 0.906 bits per heavy atom. The first-order valence-corrected chi connectivity index (χ1v) is 19.9. The fourth-order valence-corrected chi connectivity index (χ4v) is 8.98. The smallest absolute Gasteiger partial charge is 0.157 e. The van der Waals surface area contributed by atoms with Crippen molar-refractivity contribution in [1.82, 2.24) is 4.98 Å². The summed E-state index contributed by atoms with van der Waals surface area (Å²) in [6.45, 7) is 19.7. The normalized spacial score (nSPS) is 15.3. The molecule has 5 heteroatoms. The van der Waals surface area contributed by atoms with Gasteiger partial charge in [0.15, 0.2) is 5.78 Å². The quantitative estimate of drug-likeness (QED) is 0.104. The van der Waals surface area contributed by atoms with E-state index in [9.17, 15) is 4.79 Å². The number of aryl methyl sites for hydroxylation is 3. The predicted molar refractivity (Wildman–Crippen MR) is 219 cm³/mol. The number of allylic oxidation sites excluding steroid dienone is 2. The first-order valence-electron chi connectivity index (χ1n) is 19.9. The molecule has 283 valence electrons. The van der Waals surface area contributed by atoms with Gasteiger partial charge in [-0.2, -0.15) is 5.70 Å². The molecule has 0 amide bonds. The minimum Gasteiger partial charge on any atom is -0.685 e. The molecule has 4 nitrogen and oxygen atoms in total. The van der Waals surface area contributed by atoms with E-state index in [4.69, 9.17) is 14.7 Å². The summed E-state index contributed by atoms with van der Waals surface area (Å²) in [5.41, 5.74) is 12.4. The molecule has 2 aromatic heterocycles. The number of pyridine rings is 1. The minimum atomic E-state index is -0.197. The van der Waals surface area contributed by atoms with Crippen LogP contribution < -0.4 is 0 Å². The van der Waals surface area contributed by atoms with Crippen LogP contribution in [0.1, 0.15) is 127 Å². The predicted octanol–water partition coefficient (Wildman–Crippen LogP) is 13.7. The number of hydrogen-bond acceptors (Lipinski definition) is 3. The summed E-state index contributed by atoms with van der Waals surface area (Å²) >= 11 is 0. The van der Waals surface area contributed by atoms with Crippen molar-refractivity contribution in [2.24, 2.45) is 11.8 Å². The van der Waals surface area contributed by atoms with Crippen molar-refractivity contribution in [3.8, 4) is 22.6 Å². The standard InChI is InChI=1S/C29H24NO.C19H35NO.Ir/c1-16-13-17(2)25-18(3)15-22(30-23(25)14-16)19-10-8-11-21-26(19)29(4,5)27-20-9-6-7-12-24(20)31-28(21)27;1-5-15(6-2)18(14-19(21)16(7-3)8-4)20-17-12-10-9-11-13-17;/h6-9,11-15H,1-5H3;14-17H,5-13H2,1-4H3,(H,20,21);/q-1;;/p-1. The van der Waals surface area contributed by atoms with E-state index in [0.29, 0.717) is 17.7 Å². The van der Waals surface area contributed by atoms with Crippen molar-refractivity contribution in [3.63, 3.8) is 0 Å². The van der Waals surface area contributed by atoms with Crippen LogP contribution in [0.2, 0.25) is 0 Å². The third-order valence-electron chi connectivity index (χ3n) is 11.8. The molecular weight excluding hydrogens is 829 g/mol. The Balaban J connectivity index is 0.000000218. The first-order chi connectivity index (χ1) is 25.0. The number of benzene rings is 3. The van der Waals surface area contributed by atoms with Gasteiger partial charge in [-0.05, 0) is 85.5 Å². The molecule has 0 saturated heterocycles.